The van der Waals surface area contributed by atoms with Gasteiger partial charge in [0.05, 0.1) is 6.61 Å². The van der Waals surface area contributed by atoms with Gasteiger partial charge in [0.1, 0.15) is 0 Å². The first kappa shape index (κ1) is 14.3. The van der Waals surface area contributed by atoms with E-state index in [1.807, 2.05) is 0 Å². The molecule has 0 saturated heterocycles. The molecule has 0 bridgehead atoms. The molecule has 7 heteroatoms. The predicted molar refractivity (Wildman–Crippen MR) is 61.2 cm³/mol. The van der Waals surface area contributed by atoms with Gasteiger partial charge in [-0.25, -0.2) is 0 Å². The summed E-state index contributed by atoms with van der Waals surface area (Å²) in [6.45, 7) is 2.32. The van der Waals surface area contributed by atoms with Gasteiger partial charge in [-0.1, -0.05) is 0 Å². The summed E-state index contributed by atoms with van der Waals surface area (Å²) in [5.41, 5.74) is -1.20. The number of hydrogen-bond donors (Lipinski definition) is 1. The fourth-order valence-electron chi connectivity index (χ4n) is 1.63. The van der Waals surface area contributed by atoms with E-state index in [4.69, 9.17) is 10.5 Å². The second-order valence-electron chi connectivity index (χ2n) is 3.60. The van der Waals surface area contributed by atoms with Crippen LogP contribution < -0.4 is 4.90 Å². The first-order chi connectivity index (χ1) is 8.43. The molecule has 0 aliphatic heterocycles. The number of hydrogen-bond acceptors (Lipinski definition) is 3. The number of rotatable bonds is 4. The number of diazo groups is 1. The van der Waals surface area contributed by atoms with Gasteiger partial charge in [0.25, 0.3) is 0 Å². The Bertz CT molecular complexity index is 454. The standard InChI is InChI=1S/C11H13F3N3O/c1-2-17(5-6-18)8-3-4-10(16-15)9(7-8)11(12,13)14/h3-4,7,18H,2,5-6H2,1H3/q+1. The van der Waals surface area contributed by atoms with Crippen LogP contribution >= 0.6 is 0 Å². The molecule has 0 aliphatic carbocycles. The Morgan fingerprint density at radius 3 is 2.50 bits per heavy atom. The highest BCUT2D eigenvalue weighted by molar-refractivity contribution is 5.62. The van der Waals surface area contributed by atoms with Crippen molar-refractivity contribution in [1.82, 2.24) is 0 Å². The lowest BCUT2D eigenvalue weighted by atomic mass is 10.1. The SMILES string of the molecule is CCN(CCO)c1ccc([N+]#N)c(C(F)(F)F)c1. The molecule has 1 N–H and O–H groups in total. The Balaban J connectivity index is 3.22. The number of benzene rings is 1. The first-order valence-electron chi connectivity index (χ1n) is 5.36. The van der Waals surface area contributed by atoms with Crippen LogP contribution in [0.4, 0.5) is 24.5 Å². The lowest BCUT2D eigenvalue weighted by Gasteiger charge is -2.22. The van der Waals surface area contributed by atoms with E-state index in [9.17, 15) is 13.2 Å². The van der Waals surface area contributed by atoms with E-state index >= 15 is 0 Å². The first-order valence-corrected chi connectivity index (χ1v) is 5.36. The van der Waals surface area contributed by atoms with E-state index < -0.39 is 17.4 Å². The molecule has 0 fully saturated rings. The average Bonchev–Trinajstić information content (AvgIpc) is 2.34. The molecule has 98 valence electrons. The highest BCUT2D eigenvalue weighted by atomic mass is 19.4. The van der Waals surface area contributed by atoms with Crippen LogP contribution in [0.15, 0.2) is 18.2 Å². The molecule has 0 amide bonds. The maximum absolute atomic E-state index is 12.7. The van der Waals surface area contributed by atoms with Gasteiger partial charge < -0.3 is 10.0 Å². The Morgan fingerprint density at radius 2 is 2.06 bits per heavy atom. The molecule has 18 heavy (non-hydrogen) atoms. The smallest absolute Gasteiger partial charge is 0.395 e. The summed E-state index contributed by atoms with van der Waals surface area (Å²) in [5, 5.41) is 17.4. The van der Waals surface area contributed by atoms with Crippen molar-refractivity contribution in [2.75, 3.05) is 24.6 Å². The minimum Gasteiger partial charge on any atom is -0.395 e. The van der Waals surface area contributed by atoms with E-state index in [0.29, 0.717) is 12.2 Å². The molecular formula is C11H13F3N3O+. The maximum Gasteiger partial charge on any atom is 0.424 e. The van der Waals surface area contributed by atoms with Crippen LogP contribution in [0.1, 0.15) is 12.5 Å². The molecular weight excluding hydrogens is 247 g/mol. The summed E-state index contributed by atoms with van der Waals surface area (Å²) in [6.07, 6.45) is -4.59. The minimum absolute atomic E-state index is 0.151. The van der Waals surface area contributed by atoms with Crippen molar-refractivity contribution < 1.29 is 18.3 Å². The van der Waals surface area contributed by atoms with Crippen LogP contribution in [-0.2, 0) is 6.18 Å². The van der Waals surface area contributed by atoms with Crippen molar-refractivity contribution in [3.05, 3.63) is 28.7 Å². The molecule has 0 atom stereocenters. The minimum atomic E-state index is -4.59. The number of alkyl halides is 3. The van der Waals surface area contributed by atoms with E-state index in [1.54, 1.807) is 11.8 Å². The summed E-state index contributed by atoms with van der Waals surface area (Å²) in [6, 6.07) is 3.43. The Labute approximate surface area is 102 Å². The van der Waals surface area contributed by atoms with Crippen LogP contribution in [0.5, 0.6) is 0 Å². The topological polar surface area (TPSA) is 51.6 Å². The molecule has 1 aromatic rings. The van der Waals surface area contributed by atoms with Crippen molar-refractivity contribution in [3.8, 4) is 0 Å². The van der Waals surface area contributed by atoms with Gasteiger partial charge in [-0.15, -0.1) is 0 Å². The molecule has 0 spiro atoms. The van der Waals surface area contributed by atoms with E-state index in [0.717, 1.165) is 12.1 Å². The molecule has 0 saturated carbocycles. The second-order valence-corrected chi connectivity index (χ2v) is 3.60. The number of anilines is 1. The normalized spacial score (nSPS) is 11.1. The van der Waals surface area contributed by atoms with Crippen molar-refractivity contribution >= 4 is 11.4 Å². The summed E-state index contributed by atoms with van der Waals surface area (Å²) in [5.74, 6) is 0. The number of nitrogens with zero attached hydrogens (tertiary/aromatic N) is 3. The summed E-state index contributed by atoms with van der Waals surface area (Å²) < 4.78 is 38.2. The number of likely N-dealkylation sites (N-methyl/N-ethyl adjacent to an activating group) is 1. The molecule has 4 nitrogen and oxygen atoms in total. The quantitative estimate of drug-likeness (QED) is 0.846. The Kier molecular flexibility index (Phi) is 4.50. The zero-order chi connectivity index (χ0) is 13.8. The van der Waals surface area contributed by atoms with Gasteiger partial charge in [-0.05, 0) is 19.1 Å². The van der Waals surface area contributed by atoms with Crippen molar-refractivity contribution in [2.24, 2.45) is 0 Å². The highest BCUT2D eigenvalue weighted by Crippen LogP contribution is 2.38. The summed E-state index contributed by atoms with van der Waals surface area (Å²) in [4.78, 5) is 4.21. The maximum atomic E-state index is 12.7. The average molecular weight is 260 g/mol. The van der Waals surface area contributed by atoms with Crippen LogP contribution in [0.3, 0.4) is 0 Å². The van der Waals surface area contributed by atoms with Crippen LogP contribution in [0.25, 0.3) is 4.98 Å². The molecule has 1 aromatic carbocycles. The second kappa shape index (κ2) is 5.69. The fraction of sp³-hybridized carbons (Fsp3) is 0.455. The van der Waals surface area contributed by atoms with Gasteiger partial charge in [-0.2, -0.15) is 13.2 Å². The zero-order valence-electron chi connectivity index (χ0n) is 9.78. The zero-order valence-corrected chi connectivity index (χ0v) is 9.78. The predicted octanol–water partition coefficient (Wildman–Crippen LogP) is 3.01. The molecule has 1 rings (SSSR count). The summed E-state index contributed by atoms with van der Waals surface area (Å²) >= 11 is 0. The molecule has 0 aliphatic rings. The van der Waals surface area contributed by atoms with Crippen LogP contribution in [-0.4, -0.2) is 24.8 Å². The number of aliphatic hydroxyl groups excluding tert-OH is 1. The van der Waals surface area contributed by atoms with Gasteiger partial charge in [-0.3, -0.25) is 0 Å². The van der Waals surface area contributed by atoms with E-state index in [1.165, 1.54) is 6.07 Å². The van der Waals surface area contributed by atoms with Gasteiger partial charge in [0.15, 0.2) is 10.5 Å². The van der Waals surface area contributed by atoms with Gasteiger partial charge in [0.2, 0.25) is 5.39 Å². The fourth-order valence-corrected chi connectivity index (χ4v) is 1.63. The van der Waals surface area contributed by atoms with Gasteiger partial charge in [0, 0.05) is 24.8 Å². The van der Waals surface area contributed by atoms with Crippen LogP contribution in [0.2, 0.25) is 0 Å². The monoisotopic (exact) mass is 260 g/mol. The third-order valence-electron chi connectivity index (χ3n) is 2.51. The molecule has 0 aromatic heterocycles. The Hall–Kier alpha value is -1.81. The number of halogens is 3. The largest absolute Gasteiger partial charge is 0.424 e. The highest BCUT2D eigenvalue weighted by Gasteiger charge is 2.39. The molecule has 0 heterocycles. The number of aliphatic hydroxyl groups is 1. The molecule has 0 unspecified atom stereocenters. The van der Waals surface area contributed by atoms with Crippen molar-refractivity contribution in [1.29, 1.82) is 5.39 Å². The van der Waals surface area contributed by atoms with Crippen molar-refractivity contribution in [3.63, 3.8) is 0 Å². The van der Waals surface area contributed by atoms with E-state index in [-0.39, 0.29) is 13.2 Å². The van der Waals surface area contributed by atoms with Crippen molar-refractivity contribution in [2.45, 2.75) is 13.1 Å². The van der Waals surface area contributed by atoms with Crippen LogP contribution in [0, 0.1) is 5.39 Å². The summed E-state index contributed by atoms with van der Waals surface area (Å²) in [7, 11) is 0. The Morgan fingerprint density at radius 1 is 1.39 bits per heavy atom. The lowest BCUT2D eigenvalue weighted by molar-refractivity contribution is -0.136. The lowest BCUT2D eigenvalue weighted by Crippen LogP contribution is -2.26. The third-order valence-corrected chi connectivity index (χ3v) is 2.51. The third kappa shape index (κ3) is 3.11. The molecule has 0 radical (unpaired) electrons. The van der Waals surface area contributed by atoms with E-state index in [2.05, 4.69) is 4.98 Å². The van der Waals surface area contributed by atoms with Gasteiger partial charge >= 0.3 is 11.9 Å².